The van der Waals surface area contributed by atoms with Gasteiger partial charge in [0.25, 0.3) is 0 Å². The zero-order valence-corrected chi connectivity index (χ0v) is 40.4. The molecule has 10 aromatic carbocycles. The van der Waals surface area contributed by atoms with Gasteiger partial charge in [0.05, 0.1) is 45.7 Å². The molecule has 0 atom stereocenters. The Morgan fingerprint density at radius 1 is 0.351 bits per heavy atom. The zero-order chi connectivity index (χ0) is 50.0. The maximum absolute atomic E-state index is 9.70. The molecule has 348 valence electrons. The molecular weight excluding hydrogens is 903 g/mol. The highest BCUT2D eigenvalue weighted by Gasteiger charge is 2.21. The van der Waals surface area contributed by atoms with E-state index in [1.165, 1.54) is 0 Å². The maximum Gasteiger partial charge on any atom is 0.160 e. The van der Waals surface area contributed by atoms with Gasteiger partial charge in [0.15, 0.2) is 5.82 Å². The van der Waals surface area contributed by atoms with Crippen LogP contribution in [0.2, 0.25) is 0 Å². The predicted molar refractivity (Wildman–Crippen MR) is 302 cm³/mol. The number of fused-ring (bicyclic) bond motifs is 3. The van der Waals surface area contributed by atoms with Crippen LogP contribution in [0.4, 0.5) is 34.1 Å². The van der Waals surface area contributed by atoms with E-state index in [4.69, 9.17) is 9.97 Å². The lowest BCUT2D eigenvalue weighted by molar-refractivity contribution is 1.15. The van der Waals surface area contributed by atoms with Crippen molar-refractivity contribution in [1.82, 2.24) is 14.5 Å². The molecule has 12 rings (SSSR count). The number of nitriles is 2. The summed E-state index contributed by atoms with van der Waals surface area (Å²) in [5.74, 6) is 0.689. The average molecular weight is 948 g/mol. The highest BCUT2D eigenvalue weighted by molar-refractivity contribution is 6.12. The van der Waals surface area contributed by atoms with E-state index in [0.29, 0.717) is 17.0 Å². The maximum atomic E-state index is 9.70. The fraction of sp³-hybridized carbons (Fsp3) is 0.0149. The number of aromatic nitrogens is 3. The monoisotopic (exact) mass is 947 g/mol. The lowest BCUT2D eigenvalue weighted by Crippen LogP contribution is -2.10. The van der Waals surface area contributed by atoms with Gasteiger partial charge in [-0.15, -0.1) is 0 Å². The van der Waals surface area contributed by atoms with Crippen LogP contribution >= 0.6 is 0 Å². The van der Waals surface area contributed by atoms with Gasteiger partial charge in [-0.05, 0) is 151 Å². The molecule has 0 aliphatic heterocycles. The van der Waals surface area contributed by atoms with Crippen molar-refractivity contribution >= 4 is 55.9 Å². The van der Waals surface area contributed by atoms with Crippen LogP contribution in [0.3, 0.4) is 0 Å². The molecule has 0 aliphatic rings. The van der Waals surface area contributed by atoms with Crippen molar-refractivity contribution in [3.8, 4) is 62.9 Å². The van der Waals surface area contributed by atoms with E-state index >= 15 is 0 Å². The fourth-order valence-corrected chi connectivity index (χ4v) is 9.94. The van der Waals surface area contributed by atoms with Gasteiger partial charge in [0.1, 0.15) is 0 Å². The Morgan fingerprint density at radius 2 is 0.743 bits per heavy atom. The highest BCUT2D eigenvalue weighted by atomic mass is 15.1. The zero-order valence-electron chi connectivity index (χ0n) is 40.4. The first-order valence-electron chi connectivity index (χ1n) is 24.5. The second-order valence-corrected chi connectivity index (χ2v) is 18.2. The van der Waals surface area contributed by atoms with Crippen molar-refractivity contribution in [3.05, 3.63) is 271 Å². The molecule has 0 N–H and O–H groups in total. The molecule has 0 amide bonds. The summed E-state index contributed by atoms with van der Waals surface area (Å²) < 4.78 is 2.38. The van der Waals surface area contributed by atoms with Crippen molar-refractivity contribution in [2.24, 2.45) is 0 Å². The first kappa shape index (κ1) is 44.8. The van der Waals surface area contributed by atoms with E-state index in [9.17, 15) is 10.5 Å². The van der Waals surface area contributed by atoms with Crippen LogP contribution in [-0.2, 0) is 0 Å². The number of benzene rings is 10. The molecule has 0 fully saturated rings. The predicted octanol–water partition coefficient (Wildman–Crippen LogP) is 17.2. The Bertz CT molecular complexity index is 3910. The first-order chi connectivity index (χ1) is 36.5. The lowest BCUT2D eigenvalue weighted by Gasteiger charge is -2.26. The Kier molecular flexibility index (Phi) is 11.8. The van der Waals surface area contributed by atoms with Crippen LogP contribution in [0.15, 0.2) is 255 Å². The van der Waals surface area contributed by atoms with E-state index in [-0.39, 0.29) is 0 Å². The van der Waals surface area contributed by atoms with Crippen molar-refractivity contribution in [2.45, 2.75) is 6.92 Å². The summed E-state index contributed by atoms with van der Waals surface area (Å²) in [5.41, 5.74) is 18.3. The molecular formula is C67H45N7. The summed E-state index contributed by atoms with van der Waals surface area (Å²) in [6, 6.07) is 92.0. The minimum atomic E-state index is 0.580. The SMILES string of the molecule is Cc1cc(-c2ccc(-c3cc(-c4ccccc4)nc(-c4ccccc4)n3)cc2)ccc1-n1c2ccc(N(c3ccccc3)c3ccccc3)cc2c2cc(N(c3ccc(C#N)cc3)c3ccc(C#N)cc3)ccc21. The molecule has 12 aromatic rings. The second-order valence-electron chi connectivity index (χ2n) is 18.2. The van der Waals surface area contributed by atoms with Crippen molar-refractivity contribution in [3.63, 3.8) is 0 Å². The van der Waals surface area contributed by atoms with Gasteiger partial charge < -0.3 is 14.4 Å². The minimum absolute atomic E-state index is 0.580. The number of para-hydroxylation sites is 2. The largest absolute Gasteiger partial charge is 0.310 e. The van der Waals surface area contributed by atoms with Gasteiger partial charge in [0, 0.05) is 67.3 Å². The van der Waals surface area contributed by atoms with E-state index in [1.54, 1.807) is 0 Å². The normalized spacial score (nSPS) is 11.0. The third kappa shape index (κ3) is 8.58. The number of rotatable bonds is 11. The number of hydrogen-bond acceptors (Lipinski definition) is 6. The average Bonchev–Trinajstić information content (AvgIpc) is 3.79. The second kappa shape index (κ2) is 19.5. The third-order valence-electron chi connectivity index (χ3n) is 13.6. The van der Waals surface area contributed by atoms with Crippen molar-refractivity contribution in [1.29, 1.82) is 10.5 Å². The Morgan fingerprint density at radius 3 is 1.20 bits per heavy atom. The summed E-state index contributed by atoms with van der Waals surface area (Å²) >= 11 is 0. The topological polar surface area (TPSA) is 84.8 Å². The van der Waals surface area contributed by atoms with Gasteiger partial charge in [-0.25, -0.2) is 9.97 Å². The smallest absolute Gasteiger partial charge is 0.160 e. The molecule has 0 unspecified atom stereocenters. The highest BCUT2D eigenvalue weighted by Crippen LogP contribution is 2.44. The molecule has 7 heteroatoms. The molecule has 0 spiro atoms. The number of nitrogens with zero attached hydrogens (tertiary/aromatic N) is 7. The molecule has 0 saturated carbocycles. The quantitative estimate of drug-likeness (QED) is 0.128. The van der Waals surface area contributed by atoms with E-state index < -0.39 is 0 Å². The van der Waals surface area contributed by atoms with Crippen LogP contribution in [0, 0.1) is 29.6 Å². The summed E-state index contributed by atoms with van der Waals surface area (Å²) in [5, 5.41) is 21.6. The van der Waals surface area contributed by atoms with Crippen molar-refractivity contribution in [2.75, 3.05) is 9.80 Å². The molecule has 0 aliphatic carbocycles. The number of aryl methyl sites for hydroxylation is 1. The summed E-state index contributed by atoms with van der Waals surface area (Å²) in [7, 11) is 0. The molecule has 0 bridgehead atoms. The number of anilines is 6. The Hall–Kier alpha value is -10.3. The van der Waals surface area contributed by atoms with Crippen LogP contribution < -0.4 is 9.80 Å². The molecule has 2 aromatic heterocycles. The van der Waals surface area contributed by atoms with Crippen LogP contribution in [0.1, 0.15) is 16.7 Å². The Balaban J connectivity index is 0.978. The standard InChI is InChI=1S/C67H45N7/c1-46-40-53(49-26-28-51(29-27-49)63-43-62(50-14-6-2-7-15-50)70-67(71-63)52-16-8-3-9-17-52)30-37-64(46)74-65-38-35-58(72(54-18-10-4-11-19-54)55-20-12-5-13-21-55)41-60(65)61-42-59(36-39-66(61)74)73(56-31-22-47(44-68)23-32-56)57-33-24-48(45-69)25-34-57/h2-43H,1H3. The van der Waals surface area contributed by atoms with E-state index in [2.05, 4.69) is 179 Å². The summed E-state index contributed by atoms with van der Waals surface area (Å²) in [6.07, 6.45) is 0. The Labute approximate surface area is 430 Å². The van der Waals surface area contributed by atoms with Gasteiger partial charge in [-0.1, -0.05) is 127 Å². The molecule has 0 radical (unpaired) electrons. The molecule has 74 heavy (non-hydrogen) atoms. The summed E-state index contributed by atoms with van der Waals surface area (Å²) in [6.45, 7) is 2.19. The molecule has 0 saturated heterocycles. The van der Waals surface area contributed by atoms with Gasteiger partial charge in [-0.2, -0.15) is 10.5 Å². The van der Waals surface area contributed by atoms with Gasteiger partial charge in [-0.3, -0.25) is 0 Å². The van der Waals surface area contributed by atoms with E-state index in [1.807, 2.05) is 109 Å². The third-order valence-corrected chi connectivity index (χ3v) is 13.6. The lowest BCUT2D eigenvalue weighted by atomic mass is 9.99. The van der Waals surface area contributed by atoms with Crippen LogP contribution in [0.25, 0.3) is 72.5 Å². The summed E-state index contributed by atoms with van der Waals surface area (Å²) in [4.78, 5) is 14.5. The first-order valence-corrected chi connectivity index (χ1v) is 24.5. The van der Waals surface area contributed by atoms with Gasteiger partial charge >= 0.3 is 0 Å². The van der Waals surface area contributed by atoms with Gasteiger partial charge in [0.2, 0.25) is 0 Å². The van der Waals surface area contributed by atoms with Crippen LogP contribution in [0.5, 0.6) is 0 Å². The van der Waals surface area contributed by atoms with Crippen molar-refractivity contribution < 1.29 is 0 Å². The fourth-order valence-electron chi connectivity index (χ4n) is 9.94. The molecule has 2 heterocycles. The minimum Gasteiger partial charge on any atom is -0.310 e. The van der Waals surface area contributed by atoms with E-state index in [0.717, 1.165) is 106 Å². The number of hydrogen-bond donors (Lipinski definition) is 0. The van der Waals surface area contributed by atoms with Crippen LogP contribution in [-0.4, -0.2) is 14.5 Å². The molecule has 7 nitrogen and oxygen atoms in total.